The molecule has 3 rings (SSSR count). The van der Waals surface area contributed by atoms with Crippen molar-refractivity contribution in [2.75, 3.05) is 24.5 Å². The fourth-order valence-electron chi connectivity index (χ4n) is 3.95. The van der Waals surface area contributed by atoms with Gasteiger partial charge in [0, 0.05) is 38.9 Å². The predicted molar refractivity (Wildman–Crippen MR) is 97.6 cm³/mol. The Labute approximate surface area is 149 Å². The second-order valence-electron chi connectivity index (χ2n) is 7.62. The number of aliphatic hydroxyl groups is 1. The van der Waals surface area contributed by atoms with Crippen LogP contribution in [0.2, 0.25) is 0 Å². The summed E-state index contributed by atoms with van der Waals surface area (Å²) in [6, 6.07) is -0.0477. The molecule has 0 spiro atoms. The van der Waals surface area contributed by atoms with Crippen molar-refractivity contribution in [3.8, 4) is 0 Å². The normalized spacial score (nSPS) is 23.8. The minimum atomic E-state index is -0.734. The number of carbonyl (C=O) groups is 1. The molecule has 1 saturated heterocycles. The average Bonchev–Trinajstić information content (AvgIpc) is 2.91. The molecule has 2 heterocycles. The molecule has 25 heavy (non-hydrogen) atoms. The fourth-order valence-corrected chi connectivity index (χ4v) is 3.95. The third-order valence-electron chi connectivity index (χ3n) is 5.43. The number of hydrogen-bond donors (Lipinski definition) is 3. The van der Waals surface area contributed by atoms with Crippen LogP contribution in [0.5, 0.6) is 0 Å². The third-order valence-corrected chi connectivity index (χ3v) is 5.43. The Morgan fingerprint density at radius 3 is 2.76 bits per heavy atom. The van der Waals surface area contributed by atoms with Crippen molar-refractivity contribution in [1.29, 1.82) is 0 Å². The summed E-state index contributed by atoms with van der Waals surface area (Å²) in [5.41, 5.74) is 0.365. The standard InChI is InChI=1S/C18H31N5O2/c1-22-13-16(11-20-22)23-10-6-7-15(12-23)21-17(24)19-14-18(25)8-4-2-3-5-9-18/h11,13,15,25H,2-10,12,14H2,1H3,(H2,19,21,24)/t15-/m0/s1. The van der Waals surface area contributed by atoms with Crippen LogP contribution in [0.4, 0.5) is 10.5 Å². The minimum absolute atomic E-state index is 0.123. The molecule has 1 aliphatic carbocycles. The van der Waals surface area contributed by atoms with Crippen molar-refractivity contribution < 1.29 is 9.90 Å². The Morgan fingerprint density at radius 1 is 1.32 bits per heavy atom. The van der Waals surface area contributed by atoms with E-state index in [4.69, 9.17) is 0 Å². The van der Waals surface area contributed by atoms with Crippen LogP contribution in [0.15, 0.2) is 12.4 Å². The molecule has 7 heteroatoms. The van der Waals surface area contributed by atoms with Crippen LogP contribution in [0.25, 0.3) is 0 Å². The van der Waals surface area contributed by atoms with Gasteiger partial charge in [0.05, 0.1) is 17.5 Å². The highest BCUT2D eigenvalue weighted by atomic mass is 16.3. The first kappa shape index (κ1) is 18.0. The Kier molecular flexibility index (Phi) is 5.83. The molecule has 1 aromatic rings. The van der Waals surface area contributed by atoms with Gasteiger partial charge in [0.2, 0.25) is 0 Å². The van der Waals surface area contributed by atoms with E-state index in [2.05, 4.69) is 20.6 Å². The number of carbonyl (C=O) groups excluding carboxylic acids is 1. The summed E-state index contributed by atoms with van der Waals surface area (Å²) in [5.74, 6) is 0. The number of hydrogen-bond acceptors (Lipinski definition) is 4. The molecule has 1 atom stereocenters. The first-order chi connectivity index (χ1) is 12.0. The number of rotatable bonds is 4. The highest BCUT2D eigenvalue weighted by Gasteiger charge is 2.29. The summed E-state index contributed by atoms with van der Waals surface area (Å²) in [7, 11) is 1.91. The molecule has 3 N–H and O–H groups in total. The predicted octanol–water partition coefficient (Wildman–Crippen LogP) is 1.77. The smallest absolute Gasteiger partial charge is 0.315 e. The quantitative estimate of drug-likeness (QED) is 0.724. The van der Waals surface area contributed by atoms with Crippen molar-refractivity contribution in [2.45, 2.75) is 63.0 Å². The average molecular weight is 349 g/mol. The zero-order valence-electron chi connectivity index (χ0n) is 15.2. The van der Waals surface area contributed by atoms with Crippen molar-refractivity contribution in [2.24, 2.45) is 7.05 Å². The molecule has 1 aromatic heterocycles. The van der Waals surface area contributed by atoms with Crippen molar-refractivity contribution >= 4 is 11.7 Å². The Hall–Kier alpha value is -1.76. The van der Waals surface area contributed by atoms with Crippen molar-refractivity contribution in [3.05, 3.63) is 12.4 Å². The Bertz CT molecular complexity index is 566. The van der Waals surface area contributed by atoms with E-state index in [0.717, 1.165) is 57.3 Å². The SMILES string of the molecule is Cn1cc(N2CCC[C@H](NC(=O)NCC3(O)CCCCCC3)C2)cn1. The number of urea groups is 1. The summed E-state index contributed by atoms with van der Waals surface area (Å²) < 4.78 is 1.80. The molecular formula is C18H31N5O2. The van der Waals surface area contributed by atoms with E-state index in [1.165, 1.54) is 12.8 Å². The number of nitrogens with zero attached hydrogens (tertiary/aromatic N) is 3. The van der Waals surface area contributed by atoms with Crippen LogP contribution in [0, 0.1) is 0 Å². The number of amides is 2. The number of nitrogens with one attached hydrogen (secondary N) is 2. The van der Waals surface area contributed by atoms with E-state index in [1.54, 1.807) is 4.68 Å². The largest absolute Gasteiger partial charge is 0.388 e. The Morgan fingerprint density at radius 2 is 2.08 bits per heavy atom. The second-order valence-corrected chi connectivity index (χ2v) is 7.62. The van der Waals surface area contributed by atoms with Gasteiger partial charge in [0.25, 0.3) is 0 Å². The van der Waals surface area contributed by atoms with E-state index < -0.39 is 5.60 Å². The molecule has 0 bridgehead atoms. The van der Waals surface area contributed by atoms with Gasteiger partial charge in [-0.1, -0.05) is 25.7 Å². The van der Waals surface area contributed by atoms with E-state index >= 15 is 0 Å². The molecule has 0 radical (unpaired) electrons. The minimum Gasteiger partial charge on any atom is -0.388 e. The lowest BCUT2D eigenvalue weighted by Crippen LogP contribution is -2.53. The summed E-state index contributed by atoms with van der Waals surface area (Å²) in [4.78, 5) is 14.5. The van der Waals surface area contributed by atoms with Crippen molar-refractivity contribution in [1.82, 2.24) is 20.4 Å². The van der Waals surface area contributed by atoms with Crippen LogP contribution in [0.3, 0.4) is 0 Å². The van der Waals surface area contributed by atoms with Gasteiger partial charge >= 0.3 is 6.03 Å². The van der Waals surface area contributed by atoms with Gasteiger partial charge < -0.3 is 20.6 Å². The highest BCUT2D eigenvalue weighted by molar-refractivity contribution is 5.74. The molecule has 0 aromatic carbocycles. The van der Waals surface area contributed by atoms with E-state index in [9.17, 15) is 9.90 Å². The van der Waals surface area contributed by atoms with E-state index in [1.807, 2.05) is 19.4 Å². The van der Waals surface area contributed by atoms with Crippen LogP contribution in [0.1, 0.15) is 51.4 Å². The third kappa shape index (κ3) is 5.11. The van der Waals surface area contributed by atoms with Gasteiger partial charge in [-0.15, -0.1) is 0 Å². The fraction of sp³-hybridized carbons (Fsp3) is 0.778. The maximum absolute atomic E-state index is 12.3. The number of aryl methyl sites for hydroxylation is 1. The number of aromatic nitrogens is 2. The molecule has 140 valence electrons. The maximum atomic E-state index is 12.3. The topological polar surface area (TPSA) is 82.4 Å². The summed E-state index contributed by atoms with van der Waals surface area (Å²) in [6.45, 7) is 2.13. The van der Waals surface area contributed by atoms with Gasteiger partial charge in [-0.05, 0) is 25.7 Å². The molecule has 2 amide bonds. The van der Waals surface area contributed by atoms with E-state index in [-0.39, 0.29) is 12.1 Å². The highest BCUT2D eigenvalue weighted by Crippen LogP contribution is 2.26. The lowest BCUT2D eigenvalue weighted by Gasteiger charge is -2.34. The van der Waals surface area contributed by atoms with Crippen LogP contribution < -0.4 is 15.5 Å². The van der Waals surface area contributed by atoms with Crippen LogP contribution in [-0.2, 0) is 7.05 Å². The van der Waals surface area contributed by atoms with Gasteiger partial charge in [-0.3, -0.25) is 4.68 Å². The Balaban J connectivity index is 1.45. The molecule has 1 aliphatic heterocycles. The van der Waals surface area contributed by atoms with Gasteiger partial charge in [-0.2, -0.15) is 5.10 Å². The first-order valence-electron chi connectivity index (χ1n) is 9.54. The lowest BCUT2D eigenvalue weighted by atomic mass is 9.94. The van der Waals surface area contributed by atoms with Gasteiger partial charge in [-0.25, -0.2) is 4.79 Å². The van der Waals surface area contributed by atoms with Crippen molar-refractivity contribution in [3.63, 3.8) is 0 Å². The number of piperidine rings is 1. The zero-order chi connectivity index (χ0) is 17.7. The molecule has 0 unspecified atom stereocenters. The maximum Gasteiger partial charge on any atom is 0.315 e. The van der Waals surface area contributed by atoms with E-state index in [0.29, 0.717) is 6.54 Å². The lowest BCUT2D eigenvalue weighted by molar-refractivity contribution is 0.0276. The summed E-state index contributed by atoms with van der Waals surface area (Å²) in [6.07, 6.45) is 11.9. The second kappa shape index (κ2) is 8.08. The first-order valence-corrected chi connectivity index (χ1v) is 9.54. The summed E-state index contributed by atoms with van der Waals surface area (Å²) in [5, 5.41) is 20.8. The van der Waals surface area contributed by atoms with Crippen LogP contribution in [-0.4, -0.2) is 52.2 Å². The molecule has 1 saturated carbocycles. The molecule has 2 aliphatic rings. The number of anilines is 1. The van der Waals surface area contributed by atoms with Gasteiger partial charge in [0.15, 0.2) is 0 Å². The zero-order valence-corrected chi connectivity index (χ0v) is 15.2. The molecular weight excluding hydrogens is 318 g/mol. The van der Waals surface area contributed by atoms with Gasteiger partial charge in [0.1, 0.15) is 0 Å². The monoisotopic (exact) mass is 349 g/mol. The molecule has 7 nitrogen and oxygen atoms in total. The molecule has 2 fully saturated rings. The van der Waals surface area contributed by atoms with Crippen LogP contribution >= 0.6 is 0 Å². The summed E-state index contributed by atoms with van der Waals surface area (Å²) >= 11 is 0.